The summed E-state index contributed by atoms with van der Waals surface area (Å²) in [7, 11) is -2.60. The highest BCUT2D eigenvalue weighted by molar-refractivity contribution is 7.89. The van der Waals surface area contributed by atoms with E-state index in [4.69, 9.17) is 9.47 Å². The van der Waals surface area contributed by atoms with E-state index in [1.54, 1.807) is 6.92 Å². The van der Waals surface area contributed by atoms with Crippen LogP contribution < -0.4 is 4.74 Å². The highest BCUT2D eigenvalue weighted by Crippen LogP contribution is 2.29. The number of rotatable bonds is 9. The Labute approximate surface area is 160 Å². The summed E-state index contributed by atoms with van der Waals surface area (Å²) in [6, 6.07) is 5.77. The number of nitrogens with zero attached hydrogens (tertiary/aromatic N) is 1. The van der Waals surface area contributed by atoms with Gasteiger partial charge < -0.3 is 9.47 Å². The summed E-state index contributed by atoms with van der Waals surface area (Å²) in [5.74, 6) is -1.09. The van der Waals surface area contributed by atoms with E-state index in [2.05, 4.69) is 0 Å². The first-order chi connectivity index (χ1) is 12.8. The molecular weight excluding hydrogens is 370 g/mol. The van der Waals surface area contributed by atoms with Crippen molar-refractivity contribution in [2.45, 2.75) is 44.1 Å². The van der Waals surface area contributed by atoms with Gasteiger partial charge in [-0.15, -0.1) is 0 Å². The number of benzene rings is 1. The standard InChI is InChI=1S/C19H25NO6S/c1-4-6-14(21)13-17-18(26-5-2)11-12-20(19(17)22)27(23,24)16-9-7-15(25-3)8-10-16/h7-12,17-18H,4-6,13H2,1-3H3/t17-,18-/m0/s1. The van der Waals surface area contributed by atoms with Gasteiger partial charge in [0.2, 0.25) is 5.91 Å². The Morgan fingerprint density at radius 2 is 1.85 bits per heavy atom. The number of carbonyl (C=O) groups is 2. The molecule has 1 amide bonds. The lowest BCUT2D eigenvalue weighted by Crippen LogP contribution is -2.46. The van der Waals surface area contributed by atoms with Crippen LogP contribution in [0.2, 0.25) is 0 Å². The number of methoxy groups -OCH3 is 1. The highest BCUT2D eigenvalue weighted by atomic mass is 32.2. The Balaban J connectivity index is 2.33. The van der Waals surface area contributed by atoms with Crippen molar-refractivity contribution in [3.8, 4) is 5.75 Å². The van der Waals surface area contributed by atoms with Gasteiger partial charge in [-0.2, -0.15) is 0 Å². The molecule has 8 heteroatoms. The second-order valence-corrected chi connectivity index (χ2v) is 7.99. The molecule has 0 bridgehead atoms. The molecule has 1 aliphatic heterocycles. The Hall–Kier alpha value is -2.19. The van der Waals surface area contributed by atoms with E-state index < -0.39 is 28.0 Å². The van der Waals surface area contributed by atoms with Crippen LogP contribution in [0.4, 0.5) is 0 Å². The molecule has 2 rings (SSSR count). The monoisotopic (exact) mass is 395 g/mol. The van der Waals surface area contributed by atoms with E-state index in [0.717, 1.165) is 0 Å². The van der Waals surface area contributed by atoms with E-state index in [-0.39, 0.29) is 17.1 Å². The zero-order valence-electron chi connectivity index (χ0n) is 15.8. The van der Waals surface area contributed by atoms with Crippen LogP contribution >= 0.6 is 0 Å². The van der Waals surface area contributed by atoms with Crippen LogP contribution in [0.5, 0.6) is 5.75 Å². The van der Waals surface area contributed by atoms with E-state index >= 15 is 0 Å². The fourth-order valence-electron chi connectivity index (χ4n) is 2.93. The van der Waals surface area contributed by atoms with Crippen LogP contribution in [0.15, 0.2) is 41.4 Å². The van der Waals surface area contributed by atoms with E-state index in [9.17, 15) is 18.0 Å². The summed E-state index contributed by atoms with van der Waals surface area (Å²) in [5.41, 5.74) is 0. The quantitative estimate of drug-likeness (QED) is 0.638. The molecule has 0 spiro atoms. The molecule has 1 aliphatic rings. The molecule has 0 saturated heterocycles. The molecule has 1 aromatic carbocycles. The summed E-state index contributed by atoms with van der Waals surface area (Å²) < 4.78 is 37.1. The summed E-state index contributed by atoms with van der Waals surface area (Å²) in [6.07, 6.45) is 3.08. The predicted molar refractivity (Wildman–Crippen MR) is 99.6 cm³/mol. The van der Waals surface area contributed by atoms with Gasteiger partial charge in [0, 0.05) is 25.6 Å². The number of hydrogen-bond acceptors (Lipinski definition) is 6. The van der Waals surface area contributed by atoms with Gasteiger partial charge in [-0.05, 0) is 43.7 Å². The van der Waals surface area contributed by atoms with Crippen molar-refractivity contribution >= 4 is 21.7 Å². The smallest absolute Gasteiger partial charge is 0.270 e. The Bertz CT molecular complexity index is 800. The summed E-state index contributed by atoms with van der Waals surface area (Å²) >= 11 is 0. The fourth-order valence-corrected chi connectivity index (χ4v) is 4.24. The zero-order valence-corrected chi connectivity index (χ0v) is 16.6. The zero-order chi connectivity index (χ0) is 20.0. The first-order valence-corrected chi connectivity index (χ1v) is 10.3. The van der Waals surface area contributed by atoms with Gasteiger partial charge in [0.05, 0.1) is 24.0 Å². The van der Waals surface area contributed by atoms with Crippen LogP contribution in [0, 0.1) is 5.92 Å². The molecule has 2 atom stereocenters. The van der Waals surface area contributed by atoms with E-state index in [0.29, 0.717) is 29.5 Å². The predicted octanol–water partition coefficient (Wildman–Crippen LogP) is 2.52. The molecule has 0 saturated carbocycles. The van der Waals surface area contributed by atoms with Gasteiger partial charge >= 0.3 is 0 Å². The number of sulfonamides is 1. The third-order valence-electron chi connectivity index (χ3n) is 4.29. The van der Waals surface area contributed by atoms with Gasteiger partial charge in [0.1, 0.15) is 11.5 Å². The molecule has 148 valence electrons. The number of amides is 1. The Morgan fingerprint density at radius 3 is 2.41 bits per heavy atom. The van der Waals surface area contributed by atoms with Gasteiger partial charge in [0.25, 0.3) is 10.0 Å². The number of carbonyl (C=O) groups excluding carboxylic acids is 2. The summed E-state index contributed by atoms with van der Waals surface area (Å²) in [4.78, 5) is 25.0. The van der Waals surface area contributed by atoms with Crippen molar-refractivity contribution in [1.82, 2.24) is 4.31 Å². The molecule has 7 nitrogen and oxygen atoms in total. The third-order valence-corrected chi connectivity index (χ3v) is 5.98. The van der Waals surface area contributed by atoms with Crippen LogP contribution in [0.25, 0.3) is 0 Å². The fraction of sp³-hybridized carbons (Fsp3) is 0.474. The van der Waals surface area contributed by atoms with Crippen molar-refractivity contribution in [1.29, 1.82) is 0 Å². The second-order valence-electron chi connectivity index (χ2n) is 6.18. The SMILES string of the molecule is CCCC(=O)C[C@@H]1C(=O)N(S(=O)(=O)c2ccc(OC)cc2)C=C[C@@H]1OCC. The number of hydrogen-bond donors (Lipinski definition) is 0. The highest BCUT2D eigenvalue weighted by Gasteiger charge is 2.40. The second kappa shape index (κ2) is 9.14. The van der Waals surface area contributed by atoms with Crippen LogP contribution in [-0.2, 0) is 24.3 Å². The molecule has 1 heterocycles. The first kappa shape index (κ1) is 21.1. The lowest BCUT2D eigenvalue weighted by atomic mass is 9.92. The van der Waals surface area contributed by atoms with Crippen molar-refractivity contribution in [2.24, 2.45) is 5.92 Å². The van der Waals surface area contributed by atoms with Crippen molar-refractivity contribution in [3.63, 3.8) is 0 Å². The minimum absolute atomic E-state index is 0.0326. The van der Waals surface area contributed by atoms with E-state index in [1.807, 2.05) is 6.92 Å². The van der Waals surface area contributed by atoms with Crippen molar-refractivity contribution in [2.75, 3.05) is 13.7 Å². The molecule has 0 fully saturated rings. The van der Waals surface area contributed by atoms with Gasteiger partial charge in [-0.1, -0.05) is 6.92 Å². The maximum absolute atomic E-state index is 12.9. The van der Waals surface area contributed by atoms with Crippen molar-refractivity contribution in [3.05, 3.63) is 36.5 Å². The Kier molecular flexibility index (Phi) is 7.15. The van der Waals surface area contributed by atoms with Crippen LogP contribution in [0.3, 0.4) is 0 Å². The van der Waals surface area contributed by atoms with Crippen molar-refractivity contribution < 1.29 is 27.5 Å². The maximum atomic E-state index is 12.9. The molecule has 0 aliphatic carbocycles. The Morgan fingerprint density at radius 1 is 1.19 bits per heavy atom. The average Bonchev–Trinajstić information content (AvgIpc) is 2.65. The summed E-state index contributed by atoms with van der Waals surface area (Å²) in [6.45, 7) is 4.01. The lowest BCUT2D eigenvalue weighted by Gasteiger charge is -2.32. The topological polar surface area (TPSA) is 90.0 Å². The number of ether oxygens (including phenoxy) is 2. The van der Waals surface area contributed by atoms with Gasteiger partial charge in [-0.25, -0.2) is 12.7 Å². The molecular formula is C19H25NO6S. The molecule has 0 radical (unpaired) electrons. The maximum Gasteiger partial charge on any atom is 0.270 e. The lowest BCUT2D eigenvalue weighted by molar-refractivity contribution is -0.137. The minimum Gasteiger partial charge on any atom is -0.497 e. The minimum atomic E-state index is -4.08. The third kappa shape index (κ3) is 4.75. The van der Waals surface area contributed by atoms with Gasteiger partial charge in [-0.3, -0.25) is 9.59 Å². The molecule has 1 aromatic rings. The van der Waals surface area contributed by atoms with Crippen LogP contribution in [-0.4, -0.2) is 44.2 Å². The van der Waals surface area contributed by atoms with E-state index in [1.165, 1.54) is 43.7 Å². The molecule has 0 aromatic heterocycles. The van der Waals surface area contributed by atoms with Crippen LogP contribution in [0.1, 0.15) is 33.1 Å². The largest absolute Gasteiger partial charge is 0.497 e. The number of ketones is 1. The molecule has 27 heavy (non-hydrogen) atoms. The van der Waals surface area contributed by atoms with Gasteiger partial charge in [0.15, 0.2) is 0 Å². The summed E-state index contributed by atoms with van der Waals surface area (Å²) in [5, 5.41) is 0. The molecule has 0 unspecified atom stereocenters. The molecule has 0 N–H and O–H groups in total. The number of Topliss-reactive ketones (excluding diaryl/α,β-unsaturated/α-hetero) is 1. The first-order valence-electron chi connectivity index (χ1n) is 8.89. The average molecular weight is 395 g/mol. The normalized spacial score (nSPS) is 20.0.